The Kier molecular flexibility index (Phi) is 2.91. The molecule has 0 saturated carbocycles. The van der Waals surface area contributed by atoms with Crippen LogP contribution in [0.3, 0.4) is 0 Å². The van der Waals surface area contributed by atoms with Gasteiger partial charge in [0, 0.05) is 0 Å². The van der Waals surface area contributed by atoms with E-state index in [1.807, 2.05) is 30.3 Å². The van der Waals surface area contributed by atoms with Gasteiger partial charge in [0.05, 0.1) is 12.9 Å². The fraction of sp³-hybridized carbons (Fsp3) is 0.154. The highest BCUT2D eigenvalue weighted by Crippen LogP contribution is 2.23. The molecule has 19 heavy (non-hydrogen) atoms. The molecule has 0 aliphatic heterocycles. The number of hydrogen-bond donors (Lipinski definition) is 0. The summed E-state index contributed by atoms with van der Waals surface area (Å²) in [6, 6.07) is 9.69. The second-order valence-electron chi connectivity index (χ2n) is 4.09. The van der Waals surface area contributed by atoms with E-state index in [0.29, 0.717) is 12.2 Å². The predicted molar refractivity (Wildman–Crippen MR) is 65.8 cm³/mol. The average Bonchev–Trinajstić information content (AvgIpc) is 2.83. The molecule has 3 aromatic rings. The Balaban J connectivity index is 2.04. The number of aromatic nitrogens is 4. The lowest BCUT2D eigenvalue weighted by atomic mass is 10.2. The number of alkyl halides is 2. The van der Waals surface area contributed by atoms with E-state index in [1.165, 1.54) is 6.33 Å². The van der Waals surface area contributed by atoms with E-state index in [9.17, 15) is 8.78 Å². The van der Waals surface area contributed by atoms with E-state index < -0.39 is 6.43 Å². The summed E-state index contributed by atoms with van der Waals surface area (Å²) < 4.78 is 27.3. The smallest absolute Gasteiger partial charge is 0.282 e. The first-order valence-electron chi connectivity index (χ1n) is 5.73. The second-order valence-corrected chi connectivity index (χ2v) is 4.09. The second kappa shape index (κ2) is 4.72. The molecule has 0 spiro atoms. The average molecular weight is 260 g/mol. The molecule has 0 aliphatic carbocycles. The molecule has 1 aromatic carbocycles. The van der Waals surface area contributed by atoms with Gasteiger partial charge in [0.25, 0.3) is 6.43 Å². The molecule has 96 valence electrons. The molecule has 6 heteroatoms. The minimum Gasteiger partial charge on any atom is -0.311 e. The number of imidazole rings is 1. The quantitative estimate of drug-likeness (QED) is 0.727. The SMILES string of the molecule is FC(F)c1ncnc2c1ncn2Cc1ccccc1. The lowest BCUT2D eigenvalue weighted by Crippen LogP contribution is -2.00. The molecule has 2 aromatic heterocycles. The van der Waals surface area contributed by atoms with Gasteiger partial charge >= 0.3 is 0 Å². The Labute approximate surface area is 107 Å². The molecule has 0 bridgehead atoms. The van der Waals surface area contributed by atoms with Crippen molar-refractivity contribution in [3.63, 3.8) is 0 Å². The standard InChI is InChI=1S/C13H10F2N4/c14-12(15)10-11-13(17-7-16-10)19(8-18-11)6-9-4-2-1-3-5-9/h1-5,7-8,12H,6H2. The lowest BCUT2D eigenvalue weighted by Gasteiger charge is -2.04. The third kappa shape index (κ3) is 2.16. The molecule has 0 unspecified atom stereocenters. The van der Waals surface area contributed by atoms with Crippen LogP contribution in [0.1, 0.15) is 17.7 Å². The number of benzene rings is 1. The van der Waals surface area contributed by atoms with Gasteiger partial charge in [-0.25, -0.2) is 23.7 Å². The number of fused-ring (bicyclic) bond motifs is 1. The molecule has 3 rings (SSSR count). The summed E-state index contributed by atoms with van der Waals surface area (Å²) in [5, 5.41) is 0. The zero-order valence-corrected chi connectivity index (χ0v) is 9.87. The summed E-state index contributed by atoms with van der Waals surface area (Å²) in [5.41, 5.74) is 1.32. The molecule has 0 atom stereocenters. The molecule has 0 radical (unpaired) electrons. The van der Waals surface area contributed by atoms with Crippen molar-refractivity contribution in [1.82, 2.24) is 19.5 Å². The van der Waals surface area contributed by atoms with Crippen molar-refractivity contribution in [1.29, 1.82) is 0 Å². The Bertz CT molecular complexity index is 694. The monoisotopic (exact) mass is 260 g/mol. The molecule has 0 saturated heterocycles. The molecule has 2 heterocycles. The van der Waals surface area contributed by atoms with E-state index in [2.05, 4.69) is 15.0 Å². The summed E-state index contributed by atoms with van der Waals surface area (Å²) in [6.07, 6.45) is 0.0103. The van der Waals surface area contributed by atoms with Gasteiger partial charge in [-0.1, -0.05) is 30.3 Å². The van der Waals surface area contributed by atoms with Crippen molar-refractivity contribution in [2.24, 2.45) is 0 Å². The maximum Gasteiger partial charge on any atom is 0.282 e. The summed E-state index contributed by atoms with van der Waals surface area (Å²) in [4.78, 5) is 11.6. The normalized spacial score (nSPS) is 11.3. The van der Waals surface area contributed by atoms with Gasteiger partial charge in [0.1, 0.15) is 17.5 Å². The number of halogens is 2. The Morgan fingerprint density at radius 1 is 1.05 bits per heavy atom. The van der Waals surface area contributed by atoms with Crippen LogP contribution in [0.4, 0.5) is 8.78 Å². The molecular formula is C13H10F2N4. The topological polar surface area (TPSA) is 43.6 Å². The lowest BCUT2D eigenvalue weighted by molar-refractivity contribution is 0.147. The molecule has 0 aliphatic rings. The van der Waals surface area contributed by atoms with E-state index in [0.717, 1.165) is 11.9 Å². The molecular weight excluding hydrogens is 250 g/mol. The van der Waals surface area contributed by atoms with Crippen LogP contribution < -0.4 is 0 Å². The summed E-state index contributed by atoms with van der Waals surface area (Å²) in [5.74, 6) is 0. The summed E-state index contributed by atoms with van der Waals surface area (Å²) in [7, 11) is 0. The fourth-order valence-electron chi connectivity index (χ4n) is 1.95. The third-order valence-electron chi connectivity index (χ3n) is 2.83. The number of rotatable bonds is 3. The van der Waals surface area contributed by atoms with Gasteiger partial charge in [-0.05, 0) is 5.56 Å². The Morgan fingerprint density at radius 2 is 1.84 bits per heavy atom. The van der Waals surface area contributed by atoms with Gasteiger partial charge in [-0.3, -0.25) is 0 Å². The van der Waals surface area contributed by atoms with Gasteiger partial charge in [-0.15, -0.1) is 0 Å². The highest BCUT2D eigenvalue weighted by molar-refractivity contribution is 5.73. The maximum absolute atomic E-state index is 12.8. The van der Waals surface area contributed by atoms with Gasteiger partial charge in [-0.2, -0.15) is 0 Å². The third-order valence-corrected chi connectivity index (χ3v) is 2.83. The van der Waals surface area contributed by atoms with Gasteiger partial charge < -0.3 is 4.57 Å². The first-order valence-corrected chi connectivity index (χ1v) is 5.73. The molecule has 0 N–H and O–H groups in total. The maximum atomic E-state index is 12.8. The fourth-order valence-corrected chi connectivity index (χ4v) is 1.95. The minimum absolute atomic E-state index is 0.161. The van der Waals surface area contributed by atoms with Gasteiger partial charge in [0.2, 0.25) is 0 Å². The minimum atomic E-state index is -2.65. The van der Waals surface area contributed by atoms with Crippen LogP contribution in [0.5, 0.6) is 0 Å². The van der Waals surface area contributed by atoms with Crippen LogP contribution in [-0.2, 0) is 6.54 Å². The Morgan fingerprint density at radius 3 is 2.58 bits per heavy atom. The summed E-state index contributed by atoms with van der Waals surface area (Å²) in [6.45, 7) is 0.539. The first kappa shape index (κ1) is 11.7. The van der Waals surface area contributed by atoms with E-state index in [1.54, 1.807) is 4.57 Å². The van der Waals surface area contributed by atoms with Crippen molar-refractivity contribution in [2.75, 3.05) is 0 Å². The van der Waals surface area contributed by atoms with Crippen LogP contribution in [0.15, 0.2) is 43.0 Å². The summed E-state index contributed by atoms with van der Waals surface area (Å²) >= 11 is 0. The van der Waals surface area contributed by atoms with Crippen LogP contribution in [0, 0.1) is 0 Å². The zero-order valence-electron chi connectivity index (χ0n) is 9.87. The van der Waals surface area contributed by atoms with Crippen molar-refractivity contribution in [2.45, 2.75) is 13.0 Å². The van der Waals surface area contributed by atoms with Crippen molar-refractivity contribution in [3.05, 3.63) is 54.2 Å². The van der Waals surface area contributed by atoms with Gasteiger partial charge in [0.15, 0.2) is 5.65 Å². The molecule has 4 nitrogen and oxygen atoms in total. The van der Waals surface area contributed by atoms with Crippen LogP contribution in [0.2, 0.25) is 0 Å². The van der Waals surface area contributed by atoms with Crippen molar-refractivity contribution < 1.29 is 8.78 Å². The highest BCUT2D eigenvalue weighted by atomic mass is 19.3. The number of nitrogens with zero attached hydrogens (tertiary/aromatic N) is 4. The van der Waals surface area contributed by atoms with Crippen LogP contribution >= 0.6 is 0 Å². The number of hydrogen-bond acceptors (Lipinski definition) is 3. The van der Waals surface area contributed by atoms with Crippen molar-refractivity contribution in [3.8, 4) is 0 Å². The Hall–Kier alpha value is -2.37. The molecule has 0 amide bonds. The van der Waals surface area contributed by atoms with Crippen LogP contribution in [-0.4, -0.2) is 19.5 Å². The predicted octanol–water partition coefficient (Wildman–Crippen LogP) is 2.81. The highest BCUT2D eigenvalue weighted by Gasteiger charge is 2.17. The van der Waals surface area contributed by atoms with E-state index >= 15 is 0 Å². The van der Waals surface area contributed by atoms with E-state index in [-0.39, 0.29) is 11.2 Å². The van der Waals surface area contributed by atoms with Crippen molar-refractivity contribution >= 4 is 11.2 Å². The van der Waals surface area contributed by atoms with Crippen LogP contribution in [0.25, 0.3) is 11.2 Å². The first-order chi connectivity index (χ1) is 9.25. The largest absolute Gasteiger partial charge is 0.311 e. The molecule has 0 fully saturated rings. The zero-order chi connectivity index (χ0) is 13.2. The van der Waals surface area contributed by atoms with E-state index in [4.69, 9.17) is 0 Å².